The first-order chi connectivity index (χ1) is 9.49. The third kappa shape index (κ3) is 9.67. The van der Waals surface area contributed by atoms with E-state index in [9.17, 15) is 4.79 Å². The standard InChI is InChI=1S/C10H22N6O4/c1-2-16(13)7-8(11)19-3-4-20-9(15-12)5-14-6-10(17)18/h5,7,14-15H,2-4,6,11-13H2,1H3,(H,17,18)/b8-7+,9-5+. The fourth-order valence-electron chi connectivity index (χ4n) is 0.959. The Hall–Kier alpha value is -2.33. The first-order valence-corrected chi connectivity index (χ1v) is 5.85. The van der Waals surface area contributed by atoms with E-state index < -0.39 is 5.97 Å². The van der Waals surface area contributed by atoms with Crippen molar-refractivity contribution in [3.63, 3.8) is 0 Å². The van der Waals surface area contributed by atoms with Gasteiger partial charge in [0.05, 0.1) is 12.4 Å². The molecule has 0 rings (SSSR count). The van der Waals surface area contributed by atoms with E-state index in [1.54, 1.807) is 0 Å². The molecule has 0 fully saturated rings. The van der Waals surface area contributed by atoms with Gasteiger partial charge in [-0.15, -0.1) is 0 Å². The van der Waals surface area contributed by atoms with Gasteiger partial charge in [-0.05, 0) is 6.92 Å². The number of aliphatic carboxylic acids is 1. The molecule has 116 valence electrons. The van der Waals surface area contributed by atoms with Crippen molar-refractivity contribution in [2.24, 2.45) is 17.4 Å². The molecule has 0 saturated carbocycles. The molecule has 0 saturated heterocycles. The van der Waals surface area contributed by atoms with Gasteiger partial charge in [0.1, 0.15) is 19.8 Å². The lowest BCUT2D eigenvalue weighted by Crippen LogP contribution is -2.28. The van der Waals surface area contributed by atoms with E-state index in [1.807, 2.05) is 6.92 Å². The van der Waals surface area contributed by atoms with Gasteiger partial charge in [0.25, 0.3) is 0 Å². The van der Waals surface area contributed by atoms with Gasteiger partial charge in [-0.25, -0.2) is 11.7 Å². The summed E-state index contributed by atoms with van der Waals surface area (Å²) in [6.07, 6.45) is 2.75. The van der Waals surface area contributed by atoms with Crippen LogP contribution in [0.4, 0.5) is 0 Å². The molecule has 10 heteroatoms. The highest BCUT2D eigenvalue weighted by atomic mass is 16.5. The molecule has 0 aliphatic heterocycles. The molecule has 0 spiro atoms. The molecular formula is C10H22N6O4. The summed E-state index contributed by atoms with van der Waals surface area (Å²) in [5.74, 6) is 10.0. The second-order valence-electron chi connectivity index (χ2n) is 3.49. The topological polar surface area (TPSA) is 161 Å². The molecule has 0 aromatic carbocycles. The van der Waals surface area contributed by atoms with Crippen LogP contribution in [-0.2, 0) is 14.3 Å². The van der Waals surface area contributed by atoms with Crippen LogP contribution in [0.3, 0.4) is 0 Å². The summed E-state index contributed by atoms with van der Waals surface area (Å²) in [5.41, 5.74) is 7.80. The number of hydrogen-bond donors (Lipinski definition) is 6. The predicted octanol–water partition coefficient (Wildman–Crippen LogP) is -2.09. The van der Waals surface area contributed by atoms with E-state index >= 15 is 0 Å². The molecule has 0 atom stereocenters. The van der Waals surface area contributed by atoms with Crippen molar-refractivity contribution in [2.45, 2.75) is 6.92 Å². The summed E-state index contributed by atoms with van der Waals surface area (Å²) < 4.78 is 10.3. The minimum Gasteiger partial charge on any atom is -0.480 e. The second-order valence-corrected chi connectivity index (χ2v) is 3.49. The van der Waals surface area contributed by atoms with E-state index in [4.69, 9.17) is 32.0 Å². The van der Waals surface area contributed by atoms with Crippen LogP contribution in [0.15, 0.2) is 24.2 Å². The maximum Gasteiger partial charge on any atom is 0.322 e. The van der Waals surface area contributed by atoms with E-state index in [2.05, 4.69) is 10.7 Å². The third-order valence-corrected chi connectivity index (χ3v) is 1.90. The number of ether oxygens (including phenoxy) is 2. The Morgan fingerprint density at radius 1 is 1.40 bits per heavy atom. The van der Waals surface area contributed by atoms with Crippen LogP contribution in [0.1, 0.15) is 6.92 Å². The van der Waals surface area contributed by atoms with E-state index in [-0.39, 0.29) is 31.5 Å². The van der Waals surface area contributed by atoms with E-state index in [0.29, 0.717) is 6.54 Å². The Morgan fingerprint density at radius 2 is 2.05 bits per heavy atom. The molecule has 0 radical (unpaired) electrons. The molecule has 10 nitrogen and oxygen atoms in total. The summed E-state index contributed by atoms with van der Waals surface area (Å²) in [7, 11) is 0. The van der Waals surface area contributed by atoms with Crippen LogP contribution in [0.2, 0.25) is 0 Å². The zero-order chi connectivity index (χ0) is 15.4. The summed E-state index contributed by atoms with van der Waals surface area (Å²) in [6, 6.07) is 0. The molecule has 20 heavy (non-hydrogen) atoms. The number of nitrogens with two attached hydrogens (primary N) is 3. The van der Waals surface area contributed by atoms with Gasteiger partial charge in [0.15, 0.2) is 0 Å². The van der Waals surface area contributed by atoms with Crippen LogP contribution < -0.4 is 28.2 Å². The first-order valence-electron chi connectivity index (χ1n) is 5.85. The molecule has 0 bridgehead atoms. The molecule has 0 unspecified atom stereocenters. The van der Waals surface area contributed by atoms with Crippen LogP contribution in [-0.4, -0.2) is 42.4 Å². The van der Waals surface area contributed by atoms with Crippen molar-refractivity contribution in [1.29, 1.82) is 0 Å². The highest BCUT2D eigenvalue weighted by molar-refractivity contribution is 5.69. The lowest BCUT2D eigenvalue weighted by atomic mass is 10.6. The van der Waals surface area contributed by atoms with Gasteiger partial charge in [0.2, 0.25) is 11.8 Å². The highest BCUT2D eigenvalue weighted by Gasteiger charge is 1.99. The van der Waals surface area contributed by atoms with Crippen molar-refractivity contribution in [2.75, 3.05) is 26.3 Å². The van der Waals surface area contributed by atoms with Crippen molar-refractivity contribution in [3.8, 4) is 0 Å². The van der Waals surface area contributed by atoms with Crippen LogP contribution >= 0.6 is 0 Å². The van der Waals surface area contributed by atoms with Crippen LogP contribution in [0, 0.1) is 0 Å². The second kappa shape index (κ2) is 10.6. The van der Waals surface area contributed by atoms with Gasteiger partial charge < -0.3 is 30.6 Å². The fraction of sp³-hybridized carbons (Fsp3) is 0.500. The van der Waals surface area contributed by atoms with Crippen molar-refractivity contribution in [1.82, 2.24) is 15.8 Å². The van der Waals surface area contributed by atoms with E-state index in [0.717, 1.165) is 0 Å². The number of hydrogen-bond acceptors (Lipinski definition) is 9. The smallest absolute Gasteiger partial charge is 0.322 e. The van der Waals surface area contributed by atoms with Gasteiger partial charge in [0, 0.05) is 6.54 Å². The lowest BCUT2D eigenvalue weighted by molar-refractivity contribution is -0.135. The molecule has 0 aromatic rings. The maximum absolute atomic E-state index is 10.3. The van der Waals surface area contributed by atoms with E-state index in [1.165, 1.54) is 17.4 Å². The maximum atomic E-state index is 10.3. The average Bonchev–Trinajstić information content (AvgIpc) is 2.40. The quantitative estimate of drug-likeness (QED) is 0.108. The predicted molar refractivity (Wildman–Crippen MR) is 71.8 cm³/mol. The van der Waals surface area contributed by atoms with Crippen molar-refractivity contribution in [3.05, 3.63) is 24.2 Å². The molecule has 0 aliphatic carbocycles. The Balaban J connectivity index is 3.91. The number of nitrogens with one attached hydrogen (secondary N) is 2. The average molecular weight is 290 g/mol. The van der Waals surface area contributed by atoms with Gasteiger partial charge in [-0.1, -0.05) is 0 Å². The number of carbonyl (C=O) groups is 1. The Labute approximate surface area is 117 Å². The lowest BCUT2D eigenvalue weighted by Gasteiger charge is -2.13. The van der Waals surface area contributed by atoms with Crippen LogP contribution in [0.5, 0.6) is 0 Å². The first kappa shape index (κ1) is 17.7. The SMILES string of the molecule is CCN(N)/C=C(\N)OCCO/C(=C/NCC(=O)O)NN. The van der Waals surface area contributed by atoms with Crippen LogP contribution in [0.25, 0.3) is 0 Å². The Morgan fingerprint density at radius 3 is 2.60 bits per heavy atom. The molecule has 9 N–H and O–H groups in total. The fourth-order valence-corrected chi connectivity index (χ4v) is 0.959. The molecule has 0 aromatic heterocycles. The molecular weight excluding hydrogens is 268 g/mol. The van der Waals surface area contributed by atoms with Crippen molar-refractivity contribution >= 4 is 5.97 Å². The zero-order valence-corrected chi connectivity index (χ0v) is 11.3. The normalized spacial score (nSPS) is 11.8. The molecule has 0 heterocycles. The van der Waals surface area contributed by atoms with Crippen molar-refractivity contribution < 1.29 is 19.4 Å². The molecule has 0 amide bonds. The number of nitrogens with zero attached hydrogens (tertiary/aromatic N) is 1. The number of carboxylic acid groups (broad SMARTS) is 1. The van der Waals surface area contributed by atoms with Gasteiger partial charge in [-0.2, -0.15) is 0 Å². The number of hydrazine groups is 2. The minimum atomic E-state index is -0.999. The largest absolute Gasteiger partial charge is 0.480 e. The van der Waals surface area contributed by atoms with Gasteiger partial charge in [-0.3, -0.25) is 10.2 Å². The van der Waals surface area contributed by atoms with Gasteiger partial charge >= 0.3 is 5.97 Å². The zero-order valence-electron chi connectivity index (χ0n) is 11.3. The summed E-state index contributed by atoms with van der Waals surface area (Å²) in [4.78, 5) is 10.3. The third-order valence-electron chi connectivity index (χ3n) is 1.90. The minimum absolute atomic E-state index is 0.160. The highest BCUT2D eigenvalue weighted by Crippen LogP contribution is 1.93. The summed E-state index contributed by atoms with van der Waals surface area (Å²) in [5, 5.41) is 12.3. The Kier molecular flexibility index (Phi) is 9.35. The summed E-state index contributed by atoms with van der Waals surface area (Å²) >= 11 is 0. The molecule has 0 aliphatic rings. The number of rotatable bonds is 11. The monoisotopic (exact) mass is 290 g/mol. The summed E-state index contributed by atoms with van der Waals surface area (Å²) in [6.45, 7) is 2.55. The number of carboxylic acids is 1. The Bertz CT molecular complexity index is 347.